The molecular formula is C7H6N2O. The predicted octanol–water partition coefficient (Wildman–Crippen LogP) is 2.42. The summed E-state index contributed by atoms with van der Waals surface area (Å²) >= 11 is 0. The Morgan fingerprint density at radius 2 is 2.00 bits per heavy atom. The summed E-state index contributed by atoms with van der Waals surface area (Å²) in [6, 6.07) is 6.64. The minimum absolute atomic E-state index is 0.380. The fraction of sp³-hybridized carbons (Fsp3) is 0. The fourth-order valence-electron chi connectivity index (χ4n) is 0.648. The SMILES string of the molecule is C=Nc1cccc(N=O)c1. The van der Waals surface area contributed by atoms with Crippen LogP contribution in [-0.4, -0.2) is 6.72 Å². The molecule has 0 aromatic heterocycles. The molecule has 1 rings (SSSR count). The van der Waals surface area contributed by atoms with Crippen LogP contribution in [0.25, 0.3) is 0 Å². The first-order chi connectivity index (χ1) is 4.86. The van der Waals surface area contributed by atoms with Crippen molar-refractivity contribution in [3.8, 4) is 0 Å². The lowest BCUT2D eigenvalue weighted by molar-refractivity contribution is 1.46. The molecule has 0 unspecified atom stereocenters. The third-order valence-electron chi connectivity index (χ3n) is 1.12. The van der Waals surface area contributed by atoms with Gasteiger partial charge >= 0.3 is 0 Å². The maximum absolute atomic E-state index is 9.96. The van der Waals surface area contributed by atoms with Gasteiger partial charge in [0.2, 0.25) is 0 Å². The summed E-state index contributed by atoms with van der Waals surface area (Å²) in [6.07, 6.45) is 0. The molecule has 3 heteroatoms. The molecule has 0 fully saturated rings. The van der Waals surface area contributed by atoms with Crippen LogP contribution in [0.3, 0.4) is 0 Å². The van der Waals surface area contributed by atoms with E-state index in [1.807, 2.05) is 0 Å². The van der Waals surface area contributed by atoms with Crippen LogP contribution in [0.5, 0.6) is 0 Å². The highest BCUT2D eigenvalue weighted by Gasteiger charge is 1.90. The summed E-state index contributed by atoms with van der Waals surface area (Å²) in [5.74, 6) is 0. The molecule has 0 spiro atoms. The number of hydrogen-bond donors (Lipinski definition) is 0. The van der Waals surface area contributed by atoms with Crippen molar-refractivity contribution < 1.29 is 0 Å². The van der Waals surface area contributed by atoms with Gasteiger partial charge in [0.15, 0.2) is 0 Å². The number of aliphatic imine (C=N–C) groups is 1. The smallest absolute Gasteiger partial charge is 0.110 e. The van der Waals surface area contributed by atoms with E-state index in [1.165, 1.54) is 0 Å². The topological polar surface area (TPSA) is 41.8 Å². The Hall–Kier alpha value is -1.51. The molecule has 0 saturated heterocycles. The second-order valence-corrected chi connectivity index (χ2v) is 1.77. The molecule has 0 atom stereocenters. The van der Waals surface area contributed by atoms with Crippen LogP contribution in [0.4, 0.5) is 11.4 Å². The van der Waals surface area contributed by atoms with Gasteiger partial charge in [0.05, 0.1) is 5.69 Å². The van der Waals surface area contributed by atoms with E-state index in [4.69, 9.17) is 0 Å². The van der Waals surface area contributed by atoms with Crippen molar-refractivity contribution in [2.45, 2.75) is 0 Å². The summed E-state index contributed by atoms with van der Waals surface area (Å²) in [5, 5.41) is 2.74. The van der Waals surface area contributed by atoms with Gasteiger partial charge in [-0.2, -0.15) is 0 Å². The summed E-state index contributed by atoms with van der Waals surface area (Å²) in [4.78, 5) is 13.6. The van der Waals surface area contributed by atoms with E-state index in [1.54, 1.807) is 24.3 Å². The molecule has 0 radical (unpaired) electrons. The lowest BCUT2D eigenvalue weighted by Gasteiger charge is -1.89. The van der Waals surface area contributed by atoms with Gasteiger partial charge in [-0.3, -0.25) is 4.99 Å². The fourth-order valence-corrected chi connectivity index (χ4v) is 0.648. The molecule has 3 nitrogen and oxygen atoms in total. The van der Waals surface area contributed by atoms with E-state index in [0.717, 1.165) is 0 Å². The zero-order valence-electron chi connectivity index (χ0n) is 5.32. The first kappa shape index (κ1) is 6.61. The maximum Gasteiger partial charge on any atom is 0.110 e. The Balaban J connectivity index is 3.09. The molecule has 0 bridgehead atoms. The molecule has 0 N–H and O–H groups in total. The Morgan fingerprint density at radius 3 is 2.60 bits per heavy atom. The van der Waals surface area contributed by atoms with Crippen LogP contribution in [-0.2, 0) is 0 Å². The van der Waals surface area contributed by atoms with Crippen LogP contribution in [0, 0.1) is 4.91 Å². The van der Waals surface area contributed by atoms with Crippen molar-refractivity contribution in [3.05, 3.63) is 29.2 Å². The minimum atomic E-state index is 0.380. The highest BCUT2D eigenvalue weighted by molar-refractivity contribution is 5.53. The van der Waals surface area contributed by atoms with Crippen LogP contribution in [0.15, 0.2) is 34.4 Å². The third-order valence-corrected chi connectivity index (χ3v) is 1.12. The Morgan fingerprint density at radius 1 is 1.30 bits per heavy atom. The molecule has 1 aromatic carbocycles. The van der Waals surface area contributed by atoms with Gasteiger partial charge in [-0.25, -0.2) is 0 Å². The third kappa shape index (κ3) is 1.25. The summed E-state index contributed by atoms with van der Waals surface area (Å²) < 4.78 is 0. The Kier molecular flexibility index (Phi) is 1.89. The van der Waals surface area contributed by atoms with Crippen molar-refractivity contribution in [1.29, 1.82) is 0 Å². The molecule has 0 amide bonds. The largest absolute Gasteiger partial charge is 0.265 e. The summed E-state index contributed by atoms with van der Waals surface area (Å²) in [6.45, 7) is 3.31. The second kappa shape index (κ2) is 2.87. The monoisotopic (exact) mass is 134 g/mol. The first-order valence-corrected chi connectivity index (χ1v) is 2.77. The highest BCUT2D eigenvalue weighted by atomic mass is 16.3. The van der Waals surface area contributed by atoms with Crippen molar-refractivity contribution >= 4 is 18.1 Å². The quantitative estimate of drug-likeness (QED) is 0.452. The lowest BCUT2D eigenvalue weighted by atomic mass is 10.3. The number of hydrogen-bond acceptors (Lipinski definition) is 3. The van der Waals surface area contributed by atoms with Crippen molar-refractivity contribution in [2.24, 2.45) is 10.2 Å². The second-order valence-electron chi connectivity index (χ2n) is 1.77. The zero-order valence-corrected chi connectivity index (χ0v) is 5.32. The van der Waals surface area contributed by atoms with Gasteiger partial charge in [0.1, 0.15) is 5.69 Å². The average molecular weight is 134 g/mol. The average Bonchev–Trinajstić information content (AvgIpc) is 2.05. The van der Waals surface area contributed by atoms with Gasteiger partial charge in [0.25, 0.3) is 0 Å². The normalized spacial score (nSPS) is 8.80. The molecule has 0 aliphatic rings. The number of nitroso groups, excluding NO2 is 1. The van der Waals surface area contributed by atoms with Crippen molar-refractivity contribution in [2.75, 3.05) is 0 Å². The number of benzene rings is 1. The van der Waals surface area contributed by atoms with Crippen molar-refractivity contribution in [1.82, 2.24) is 0 Å². The number of rotatable bonds is 2. The summed E-state index contributed by atoms with van der Waals surface area (Å²) in [5.41, 5.74) is 1.04. The van der Waals surface area contributed by atoms with Crippen molar-refractivity contribution in [3.63, 3.8) is 0 Å². The molecule has 0 saturated carbocycles. The predicted molar refractivity (Wildman–Crippen MR) is 41.1 cm³/mol. The molecule has 50 valence electrons. The van der Waals surface area contributed by atoms with Gasteiger partial charge < -0.3 is 0 Å². The van der Waals surface area contributed by atoms with Gasteiger partial charge in [-0.1, -0.05) is 6.07 Å². The standard InChI is InChI=1S/C7H6N2O/c1-8-6-3-2-4-7(5-6)9-10/h2-5H,1H2. The van der Waals surface area contributed by atoms with E-state index in [9.17, 15) is 4.91 Å². The van der Waals surface area contributed by atoms with Gasteiger partial charge in [-0.05, 0) is 30.1 Å². The molecule has 0 aliphatic heterocycles. The van der Waals surface area contributed by atoms with E-state index in [0.29, 0.717) is 11.4 Å². The lowest BCUT2D eigenvalue weighted by Crippen LogP contribution is -1.62. The van der Waals surface area contributed by atoms with E-state index in [-0.39, 0.29) is 0 Å². The molecular weight excluding hydrogens is 128 g/mol. The Labute approximate surface area is 58.4 Å². The van der Waals surface area contributed by atoms with Gasteiger partial charge in [-0.15, -0.1) is 4.91 Å². The van der Waals surface area contributed by atoms with Crippen LogP contribution in [0.1, 0.15) is 0 Å². The molecule has 0 aliphatic carbocycles. The van der Waals surface area contributed by atoms with E-state index in [2.05, 4.69) is 16.9 Å². The zero-order chi connectivity index (χ0) is 7.40. The molecule has 0 heterocycles. The highest BCUT2D eigenvalue weighted by Crippen LogP contribution is 2.18. The maximum atomic E-state index is 9.96. The van der Waals surface area contributed by atoms with Crippen LogP contribution in [0.2, 0.25) is 0 Å². The first-order valence-electron chi connectivity index (χ1n) is 2.77. The minimum Gasteiger partial charge on any atom is -0.265 e. The molecule has 1 aromatic rings. The van der Waals surface area contributed by atoms with Crippen LogP contribution >= 0.6 is 0 Å². The van der Waals surface area contributed by atoms with Gasteiger partial charge in [0, 0.05) is 0 Å². The Bertz CT molecular complexity index is 234. The van der Waals surface area contributed by atoms with E-state index >= 15 is 0 Å². The number of nitrogens with zero attached hydrogens (tertiary/aromatic N) is 2. The summed E-state index contributed by atoms with van der Waals surface area (Å²) in [7, 11) is 0. The van der Waals surface area contributed by atoms with E-state index < -0.39 is 0 Å². The molecule has 10 heavy (non-hydrogen) atoms. The van der Waals surface area contributed by atoms with Crippen LogP contribution < -0.4 is 0 Å².